The van der Waals surface area contributed by atoms with Crippen molar-refractivity contribution in [3.05, 3.63) is 16.1 Å². The summed E-state index contributed by atoms with van der Waals surface area (Å²) >= 11 is 1.70. The highest BCUT2D eigenvalue weighted by Crippen LogP contribution is 2.10. The van der Waals surface area contributed by atoms with Gasteiger partial charge in [-0.25, -0.2) is 4.98 Å². The van der Waals surface area contributed by atoms with Crippen molar-refractivity contribution in [3.8, 4) is 0 Å². The molecular formula is C11H21IN4OS. The van der Waals surface area contributed by atoms with Gasteiger partial charge in [-0.3, -0.25) is 4.99 Å². The molecule has 0 saturated heterocycles. The van der Waals surface area contributed by atoms with Crippen molar-refractivity contribution in [1.29, 1.82) is 0 Å². The van der Waals surface area contributed by atoms with Gasteiger partial charge < -0.3 is 15.4 Å². The average molecular weight is 384 g/mol. The monoisotopic (exact) mass is 384 g/mol. The summed E-state index contributed by atoms with van der Waals surface area (Å²) in [6.07, 6.45) is 2.85. The van der Waals surface area contributed by atoms with Gasteiger partial charge in [-0.15, -0.1) is 35.3 Å². The summed E-state index contributed by atoms with van der Waals surface area (Å²) in [5.74, 6) is 0.800. The van der Waals surface area contributed by atoms with E-state index in [0.717, 1.165) is 30.5 Å². The number of aliphatic imine (C=N–C) groups is 1. The van der Waals surface area contributed by atoms with E-state index in [1.165, 1.54) is 4.88 Å². The lowest BCUT2D eigenvalue weighted by molar-refractivity contribution is 0.195. The smallest absolute Gasteiger partial charge is 0.191 e. The van der Waals surface area contributed by atoms with Crippen LogP contribution in [0, 0.1) is 6.92 Å². The lowest BCUT2D eigenvalue weighted by Gasteiger charge is -2.10. The lowest BCUT2D eigenvalue weighted by Crippen LogP contribution is -2.37. The fraction of sp³-hybridized carbons (Fsp3) is 0.636. The number of halogens is 1. The van der Waals surface area contributed by atoms with Gasteiger partial charge in [0.1, 0.15) is 5.01 Å². The number of thiazole rings is 1. The van der Waals surface area contributed by atoms with Crippen molar-refractivity contribution in [1.82, 2.24) is 15.6 Å². The van der Waals surface area contributed by atoms with Gasteiger partial charge in [0.15, 0.2) is 5.96 Å². The molecule has 1 aromatic rings. The minimum Gasteiger partial charge on any atom is -0.385 e. The topological polar surface area (TPSA) is 58.5 Å². The third kappa shape index (κ3) is 7.12. The van der Waals surface area contributed by atoms with Gasteiger partial charge in [0.2, 0.25) is 0 Å². The third-order valence-corrected chi connectivity index (χ3v) is 3.03. The highest BCUT2D eigenvalue weighted by molar-refractivity contribution is 14.0. The molecule has 5 nitrogen and oxygen atoms in total. The number of rotatable bonds is 6. The van der Waals surface area contributed by atoms with Crippen molar-refractivity contribution in [2.75, 3.05) is 27.3 Å². The molecular weight excluding hydrogens is 363 g/mol. The standard InChI is InChI=1S/C11H20N4OS.HI/c1-9-7-14-10(17-9)8-15-11(12-2)13-5-4-6-16-3;/h7H,4-6,8H2,1-3H3,(H2,12,13,15);1H. The average Bonchev–Trinajstić information content (AvgIpc) is 2.74. The SMILES string of the molecule is CN=C(NCCCOC)NCc1ncc(C)s1.I. The van der Waals surface area contributed by atoms with Gasteiger partial charge in [0.25, 0.3) is 0 Å². The highest BCUT2D eigenvalue weighted by Gasteiger charge is 2.00. The van der Waals surface area contributed by atoms with Gasteiger partial charge in [-0.2, -0.15) is 0 Å². The molecule has 0 unspecified atom stereocenters. The first kappa shape index (κ1) is 17.6. The second kappa shape index (κ2) is 10.5. The Bertz CT molecular complexity index is 357. The Morgan fingerprint density at radius 3 is 2.83 bits per heavy atom. The molecule has 0 aromatic carbocycles. The maximum absolute atomic E-state index is 4.98. The Kier molecular flexibility index (Phi) is 10.3. The summed E-state index contributed by atoms with van der Waals surface area (Å²) in [6, 6.07) is 0. The summed E-state index contributed by atoms with van der Waals surface area (Å²) in [4.78, 5) is 9.65. The Morgan fingerprint density at radius 1 is 1.50 bits per heavy atom. The van der Waals surface area contributed by atoms with Crippen molar-refractivity contribution in [2.45, 2.75) is 19.9 Å². The van der Waals surface area contributed by atoms with Crippen LogP contribution in [0.5, 0.6) is 0 Å². The predicted octanol–water partition coefficient (Wildman–Crippen LogP) is 1.77. The molecule has 1 rings (SSSR count). The van der Waals surface area contributed by atoms with Crippen LogP contribution in [0.2, 0.25) is 0 Å². The fourth-order valence-electron chi connectivity index (χ4n) is 1.29. The number of hydrogen-bond acceptors (Lipinski definition) is 4. The molecule has 1 aromatic heterocycles. The molecule has 0 aliphatic heterocycles. The van der Waals surface area contributed by atoms with Crippen LogP contribution in [-0.2, 0) is 11.3 Å². The van der Waals surface area contributed by atoms with Gasteiger partial charge in [-0.05, 0) is 13.3 Å². The summed E-state index contributed by atoms with van der Waals surface area (Å²) in [5.41, 5.74) is 0. The zero-order valence-electron chi connectivity index (χ0n) is 11.0. The summed E-state index contributed by atoms with van der Waals surface area (Å²) in [6.45, 7) is 4.38. The van der Waals surface area contributed by atoms with Gasteiger partial charge >= 0.3 is 0 Å². The zero-order chi connectivity index (χ0) is 12.5. The summed E-state index contributed by atoms with van der Waals surface area (Å²) in [7, 11) is 3.47. The quantitative estimate of drug-likeness (QED) is 0.340. The largest absolute Gasteiger partial charge is 0.385 e. The van der Waals surface area contributed by atoms with E-state index in [1.54, 1.807) is 25.5 Å². The minimum absolute atomic E-state index is 0. The van der Waals surface area contributed by atoms with E-state index in [-0.39, 0.29) is 24.0 Å². The first-order valence-electron chi connectivity index (χ1n) is 5.61. The lowest BCUT2D eigenvalue weighted by atomic mass is 10.4. The highest BCUT2D eigenvalue weighted by atomic mass is 127. The molecule has 7 heteroatoms. The van der Waals surface area contributed by atoms with E-state index in [0.29, 0.717) is 6.54 Å². The maximum atomic E-state index is 4.98. The van der Waals surface area contributed by atoms with Crippen molar-refractivity contribution < 1.29 is 4.74 Å². The van der Waals surface area contributed by atoms with E-state index in [9.17, 15) is 0 Å². The van der Waals surface area contributed by atoms with Crippen LogP contribution in [0.25, 0.3) is 0 Å². The normalized spacial score (nSPS) is 10.9. The summed E-state index contributed by atoms with van der Waals surface area (Å²) < 4.78 is 4.98. The second-order valence-electron chi connectivity index (χ2n) is 3.56. The van der Waals surface area contributed by atoms with Crippen LogP contribution in [-0.4, -0.2) is 38.3 Å². The van der Waals surface area contributed by atoms with E-state index < -0.39 is 0 Å². The van der Waals surface area contributed by atoms with E-state index in [1.807, 2.05) is 6.20 Å². The number of nitrogens with one attached hydrogen (secondary N) is 2. The molecule has 0 atom stereocenters. The van der Waals surface area contributed by atoms with Gasteiger partial charge in [0.05, 0.1) is 6.54 Å². The maximum Gasteiger partial charge on any atom is 0.191 e. The first-order valence-corrected chi connectivity index (χ1v) is 6.42. The van der Waals surface area contributed by atoms with E-state index in [4.69, 9.17) is 4.74 Å². The Balaban J connectivity index is 0.00000289. The molecule has 18 heavy (non-hydrogen) atoms. The first-order chi connectivity index (χ1) is 8.26. The number of nitrogens with zero attached hydrogens (tertiary/aromatic N) is 2. The van der Waals surface area contributed by atoms with Crippen molar-refractivity contribution >= 4 is 41.3 Å². The van der Waals surface area contributed by atoms with Crippen LogP contribution >= 0.6 is 35.3 Å². The minimum atomic E-state index is 0. The number of aryl methyl sites for hydroxylation is 1. The Hall–Kier alpha value is -0.410. The Morgan fingerprint density at radius 2 is 2.28 bits per heavy atom. The van der Waals surface area contributed by atoms with Crippen LogP contribution in [0.15, 0.2) is 11.2 Å². The number of hydrogen-bond donors (Lipinski definition) is 2. The molecule has 0 aliphatic rings. The molecule has 0 saturated carbocycles. The molecule has 0 spiro atoms. The Labute approximate surface area is 129 Å². The number of guanidine groups is 1. The number of ether oxygens (including phenoxy) is 1. The van der Waals surface area contributed by atoms with Gasteiger partial charge in [-0.1, -0.05) is 0 Å². The van der Waals surface area contributed by atoms with Crippen LogP contribution in [0.1, 0.15) is 16.3 Å². The molecule has 0 fully saturated rings. The van der Waals surface area contributed by atoms with Crippen molar-refractivity contribution in [3.63, 3.8) is 0 Å². The molecule has 0 aliphatic carbocycles. The van der Waals surface area contributed by atoms with Crippen LogP contribution < -0.4 is 10.6 Å². The number of methoxy groups -OCH3 is 1. The second-order valence-corrected chi connectivity index (χ2v) is 4.88. The fourth-order valence-corrected chi connectivity index (χ4v) is 2.01. The van der Waals surface area contributed by atoms with E-state index in [2.05, 4.69) is 27.5 Å². The van der Waals surface area contributed by atoms with Gasteiger partial charge in [0, 0.05) is 38.4 Å². The van der Waals surface area contributed by atoms with Crippen LogP contribution in [0.4, 0.5) is 0 Å². The summed E-state index contributed by atoms with van der Waals surface area (Å²) in [5, 5.41) is 7.51. The number of aromatic nitrogens is 1. The molecule has 0 radical (unpaired) electrons. The molecule has 0 bridgehead atoms. The van der Waals surface area contributed by atoms with Crippen molar-refractivity contribution in [2.24, 2.45) is 4.99 Å². The van der Waals surface area contributed by atoms with Crippen LogP contribution in [0.3, 0.4) is 0 Å². The zero-order valence-corrected chi connectivity index (χ0v) is 14.2. The molecule has 104 valence electrons. The van der Waals surface area contributed by atoms with E-state index >= 15 is 0 Å². The third-order valence-electron chi connectivity index (χ3n) is 2.12. The molecule has 0 amide bonds. The molecule has 1 heterocycles. The molecule has 2 N–H and O–H groups in total. The predicted molar refractivity (Wildman–Crippen MR) is 87.0 cm³/mol.